The van der Waals surface area contributed by atoms with E-state index in [0.29, 0.717) is 16.1 Å². The summed E-state index contributed by atoms with van der Waals surface area (Å²) < 4.78 is 26.7. The number of halogens is 3. The molecular weight excluding hydrogens is 298 g/mol. The Morgan fingerprint density at radius 2 is 1.95 bits per heavy atom. The highest BCUT2D eigenvalue weighted by molar-refractivity contribution is 6.31. The highest BCUT2D eigenvalue weighted by Gasteiger charge is 2.45. The van der Waals surface area contributed by atoms with Gasteiger partial charge in [-0.05, 0) is 30.4 Å². The quantitative estimate of drug-likeness (QED) is 0.859. The summed E-state index contributed by atoms with van der Waals surface area (Å²) in [5.74, 6) is -2.61. The number of nitrogens with zero attached hydrogens (tertiary/aromatic N) is 1. The van der Waals surface area contributed by atoms with E-state index >= 15 is 0 Å². The first-order valence-electron chi connectivity index (χ1n) is 6.99. The maximum absolute atomic E-state index is 13.4. The first-order valence-corrected chi connectivity index (χ1v) is 7.37. The van der Waals surface area contributed by atoms with Gasteiger partial charge >= 0.3 is 0 Å². The molecule has 21 heavy (non-hydrogen) atoms. The van der Waals surface area contributed by atoms with Crippen LogP contribution in [0.5, 0.6) is 0 Å². The summed E-state index contributed by atoms with van der Waals surface area (Å²) >= 11 is 6.08. The van der Waals surface area contributed by atoms with E-state index in [0.717, 1.165) is 5.39 Å². The lowest BCUT2D eigenvalue weighted by Crippen LogP contribution is -2.35. The number of nitrogens with one attached hydrogen (secondary N) is 1. The fourth-order valence-electron chi connectivity index (χ4n) is 3.10. The third-order valence-corrected chi connectivity index (χ3v) is 4.84. The van der Waals surface area contributed by atoms with Crippen LogP contribution in [0.25, 0.3) is 10.9 Å². The van der Waals surface area contributed by atoms with Crippen molar-refractivity contribution in [1.82, 2.24) is 10.2 Å². The smallest absolute Gasteiger partial charge is 0.248 e. The third-order valence-electron chi connectivity index (χ3n) is 4.62. The summed E-state index contributed by atoms with van der Waals surface area (Å²) in [6.07, 6.45) is 0.970. The zero-order chi connectivity index (χ0) is 15.3. The molecule has 1 fully saturated rings. The van der Waals surface area contributed by atoms with Crippen LogP contribution in [0.3, 0.4) is 0 Å². The molecule has 1 heterocycles. The van der Waals surface area contributed by atoms with E-state index in [-0.39, 0.29) is 25.7 Å². The molecule has 3 nitrogen and oxygen atoms in total. The van der Waals surface area contributed by atoms with Gasteiger partial charge in [0.1, 0.15) is 0 Å². The molecule has 0 aliphatic heterocycles. The highest BCUT2D eigenvalue weighted by Crippen LogP contribution is 2.50. The molecule has 3 rings (SSSR count). The Balaban J connectivity index is 1.97. The molecule has 1 unspecified atom stereocenters. The predicted molar refractivity (Wildman–Crippen MR) is 77.6 cm³/mol. The van der Waals surface area contributed by atoms with Crippen molar-refractivity contribution in [3.63, 3.8) is 0 Å². The van der Waals surface area contributed by atoms with Crippen LogP contribution in [0, 0.1) is 5.41 Å². The molecule has 0 bridgehead atoms. The number of H-pyrrole nitrogens is 1. The molecule has 1 aliphatic carbocycles. The standard InChI is InChI=1S/C15H17ClF2N2O/c1-14(2-4-15(17,18)5-3-14)13(21)11-7-10(16)6-9-8-19-20-12(9)11/h6-8,13,21H,2-5H2,1H3,(H,19,20). The van der Waals surface area contributed by atoms with E-state index in [1.54, 1.807) is 18.3 Å². The average Bonchev–Trinajstić information content (AvgIpc) is 2.89. The van der Waals surface area contributed by atoms with E-state index < -0.39 is 17.4 Å². The molecule has 6 heteroatoms. The molecule has 0 amide bonds. The number of fused-ring (bicyclic) bond motifs is 1. The fourth-order valence-corrected chi connectivity index (χ4v) is 3.33. The summed E-state index contributed by atoms with van der Waals surface area (Å²) in [7, 11) is 0. The lowest BCUT2D eigenvalue weighted by Gasteiger charge is -2.40. The van der Waals surface area contributed by atoms with E-state index in [2.05, 4.69) is 10.2 Å². The lowest BCUT2D eigenvalue weighted by molar-refractivity contribution is -0.0944. The van der Waals surface area contributed by atoms with Gasteiger partial charge in [-0.3, -0.25) is 5.10 Å². The minimum absolute atomic E-state index is 0.187. The van der Waals surface area contributed by atoms with Crippen molar-refractivity contribution in [3.8, 4) is 0 Å². The van der Waals surface area contributed by atoms with Crippen molar-refractivity contribution >= 4 is 22.5 Å². The average molecular weight is 315 g/mol. The minimum atomic E-state index is -2.61. The van der Waals surface area contributed by atoms with Gasteiger partial charge in [-0.2, -0.15) is 5.10 Å². The monoisotopic (exact) mass is 314 g/mol. The fraction of sp³-hybridized carbons (Fsp3) is 0.533. The van der Waals surface area contributed by atoms with Gasteiger partial charge in [0.2, 0.25) is 5.92 Å². The van der Waals surface area contributed by atoms with Crippen LogP contribution in [0.1, 0.15) is 44.3 Å². The Labute approximate surface area is 126 Å². The molecule has 0 radical (unpaired) electrons. The van der Waals surface area contributed by atoms with Crippen molar-refractivity contribution in [2.45, 2.75) is 44.6 Å². The molecule has 2 aromatic rings. The van der Waals surface area contributed by atoms with Gasteiger partial charge in [0, 0.05) is 28.8 Å². The van der Waals surface area contributed by atoms with E-state index in [4.69, 9.17) is 11.6 Å². The number of rotatable bonds is 2. The number of aromatic amines is 1. The molecule has 1 atom stereocenters. The van der Waals surface area contributed by atoms with Crippen LogP contribution < -0.4 is 0 Å². The van der Waals surface area contributed by atoms with Gasteiger partial charge in [-0.1, -0.05) is 18.5 Å². The lowest BCUT2D eigenvalue weighted by atomic mass is 9.69. The molecule has 1 aromatic carbocycles. The van der Waals surface area contributed by atoms with Crippen LogP contribution in [0.4, 0.5) is 8.78 Å². The molecule has 0 spiro atoms. The summed E-state index contributed by atoms with van der Waals surface area (Å²) in [6, 6.07) is 3.44. The summed E-state index contributed by atoms with van der Waals surface area (Å²) in [6.45, 7) is 1.86. The van der Waals surface area contributed by atoms with Gasteiger partial charge in [0.25, 0.3) is 0 Å². The number of hydrogen-bond acceptors (Lipinski definition) is 2. The first kappa shape index (κ1) is 14.7. The Kier molecular flexibility index (Phi) is 3.45. The second-order valence-electron chi connectivity index (χ2n) is 6.24. The van der Waals surface area contributed by atoms with Gasteiger partial charge in [0.15, 0.2) is 0 Å². The normalized spacial score (nSPS) is 22.3. The van der Waals surface area contributed by atoms with E-state index in [1.807, 2.05) is 6.92 Å². The molecule has 1 aromatic heterocycles. The maximum Gasteiger partial charge on any atom is 0.248 e. The SMILES string of the molecule is CC1(C(O)c2cc(Cl)cc3cn[nH]c23)CCC(F)(F)CC1. The molecule has 1 saturated carbocycles. The third kappa shape index (κ3) is 2.64. The van der Waals surface area contributed by atoms with Crippen LogP contribution in [0.15, 0.2) is 18.3 Å². The number of benzene rings is 1. The largest absolute Gasteiger partial charge is 0.388 e. The molecule has 2 N–H and O–H groups in total. The zero-order valence-electron chi connectivity index (χ0n) is 11.7. The van der Waals surface area contributed by atoms with Crippen molar-refractivity contribution in [3.05, 3.63) is 28.9 Å². The molecule has 1 aliphatic rings. The van der Waals surface area contributed by atoms with Crippen LogP contribution in [-0.2, 0) is 0 Å². The second kappa shape index (κ2) is 4.92. The second-order valence-corrected chi connectivity index (χ2v) is 6.68. The Morgan fingerprint density at radius 3 is 2.62 bits per heavy atom. The topological polar surface area (TPSA) is 48.9 Å². The van der Waals surface area contributed by atoms with Crippen LogP contribution >= 0.6 is 11.6 Å². The number of aliphatic hydroxyl groups excluding tert-OH is 1. The highest BCUT2D eigenvalue weighted by atomic mass is 35.5. The number of alkyl halides is 2. The van der Waals surface area contributed by atoms with Crippen LogP contribution in [-0.4, -0.2) is 21.2 Å². The first-order chi connectivity index (χ1) is 9.81. The number of aliphatic hydroxyl groups is 1. The van der Waals surface area contributed by atoms with Crippen molar-refractivity contribution in [2.24, 2.45) is 5.41 Å². The van der Waals surface area contributed by atoms with Gasteiger partial charge < -0.3 is 5.11 Å². The van der Waals surface area contributed by atoms with Crippen molar-refractivity contribution in [2.75, 3.05) is 0 Å². The molecular formula is C15H17ClF2N2O. The summed E-state index contributed by atoms with van der Waals surface area (Å²) in [5.41, 5.74) is 0.762. The Bertz CT molecular complexity index is 661. The van der Waals surface area contributed by atoms with Crippen molar-refractivity contribution < 1.29 is 13.9 Å². The Hall–Kier alpha value is -1.20. The maximum atomic E-state index is 13.4. The zero-order valence-corrected chi connectivity index (χ0v) is 12.4. The Morgan fingerprint density at radius 1 is 1.29 bits per heavy atom. The van der Waals surface area contributed by atoms with E-state index in [9.17, 15) is 13.9 Å². The predicted octanol–water partition coefficient (Wildman–Crippen LogP) is 4.47. The van der Waals surface area contributed by atoms with Gasteiger partial charge in [0.05, 0.1) is 17.8 Å². The summed E-state index contributed by atoms with van der Waals surface area (Å²) in [4.78, 5) is 0. The summed E-state index contributed by atoms with van der Waals surface area (Å²) in [5, 5.41) is 18.9. The van der Waals surface area contributed by atoms with Crippen LogP contribution in [0.2, 0.25) is 5.02 Å². The number of aromatic nitrogens is 2. The number of hydrogen-bond donors (Lipinski definition) is 2. The molecule has 114 valence electrons. The molecule has 0 saturated heterocycles. The minimum Gasteiger partial charge on any atom is -0.388 e. The van der Waals surface area contributed by atoms with Crippen molar-refractivity contribution in [1.29, 1.82) is 0 Å². The van der Waals surface area contributed by atoms with Gasteiger partial charge in [-0.25, -0.2) is 8.78 Å². The van der Waals surface area contributed by atoms with Gasteiger partial charge in [-0.15, -0.1) is 0 Å². The van der Waals surface area contributed by atoms with E-state index in [1.165, 1.54) is 0 Å².